The van der Waals surface area contributed by atoms with Crippen molar-refractivity contribution in [3.8, 4) is 5.75 Å². The summed E-state index contributed by atoms with van der Waals surface area (Å²) >= 11 is 0. The van der Waals surface area contributed by atoms with Crippen molar-refractivity contribution in [1.82, 2.24) is 5.32 Å². The highest BCUT2D eigenvalue weighted by Crippen LogP contribution is 2.30. The zero-order valence-corrected chi connectivity index (χ0v) is 16.9. The predicted octanol–water partition coefficient (Wildman–Crippen LogP) is 1.06. The van der Waals surface area contributed by atoms with Gasteiger partial charge < -0.3 is 19.7 Å². The molecule has 1 atom stereocenters. The third-order valence-electron chi connectivity index (χ3n) is 4.24. The van der Waals surface area contributed by atoms with Crippen molar-refractivity contribution < 1.29 is 45.6 Å². The summed E-state index contributed by atoms with van der Waals surface area (Å²) in [5.41, 5.74) is 0.452. The number of hydrogen-bond acceptors (Lipinski definition) is 7. The zero-order valence-electron chi connectivity index (χ0n) is 16.1. The van der Waals surface area contributed by atoms with E-state index in [9.17, 15) is 36.2 Å². The van der Waals surface area contributed by atoms with E-state index in [4.69, 9.17) is 9.39 Å². The lowest BCUT2D eigenvalue weighted by Gasteiger charge is -2.29. The van der Waals surface area contributed by atoms with E-state index in [-0.39, 0.29) is 42.9 Å². The van der Waals surface area contributed by atoms with Crippen LogP contribution in [0, 0.1) is 0 Å². The summed E-state index contributed by atoms with van der Waals surface area (Å²) in [7, 11) is -4.85. The number of ether oxygens (including phenoxy) is 1. The van der Waals surface area contributed by atoms with Crippen LogP contribution >= 0.6 is 0 Å². The van der Waals surface area contributed by atoms with Crippen LogP contribution in [0.3, 0.4) is 0 Å². The minimum absolute atomic E-state index is 0.0185. The standard InChI is InChI=1S/C17H21BF3NO7S/c1-30(26,27)9-8-28-16(24)12-5-2-4-11-10-13(18(25)29-15(11)12)22-14(23)6-3-7-17(19,20)21/h2,4-5,13,25H,3,6-10H2,1H3,(H,22,23)/t13-/m0/s1. The monoisotopic (exact) mass is 451 g/mol. The molecule has 166 valence electrons. The smallest absolute Gasteiger partial charge is 0.534 e. The highest BCUT2D eigenvalue weighted by molar-refractivity contribution is 7.90. The van der Waals surface area contributed by atoms with E-state index >= 15 is 0 Å². The van der Waals surface area contributed by atoms with Gasteiger partial charge in [-0.2, -0.15) is 13.2 Å². The van der Waals surface area contributed by atoms with Crippen molar-refractivity contribution in [2.75, 3.05) is 18.6 Å². The second-order valence-electron chi connectivity index (χ2n) is 6.91. The van der Waals surface area contributed by atoms with Crippen molar-refractivity contribution in [3.63, 3.8) is 0 Å². The number of sulfone groups is 1. The number of carbonyl (C=O) groups excluding carboxylic acids is 2. The van der Waals surface area contributed by atoms with Crippen LogP contribution in [0.1, 0.15) is 35.2 Å². The molecule has 0 saturated carbocycles. The Hall–Kier alpha value is -2.28. The lowest BCUT2D eigenvalue weighted by Crippen LogP contribution is -2.53. The number of rotatable bonds is 8. The van der Waals surface area contributed by atoms with E-state index < -0.39 is 47.4 Å². The van der Waals surface area contributed by atoms with Crippen LogP contribution in [0.25, 0.3) is 0 Å². The van der Waals surface area contributed by atoms with Crippen LogP contribution < -0.4 is 9.97 Å². The Kier molecular flexibility index (Phi) is 7.75. The Labute approximate surface area is 171 Å². The third-order valence-corrected chi connectivity index (χ3v) is 5.15. The number of nitrogens with one attached hydrogen (secondary N) is 1. The highest BCUT2D eigenvalue weighted by atomic mass is 32.2. The number of esters is 1. The number of halogens is 3. The lowest BCUT2D eigenvalue weighted by atomic mass is 9.72. The molecule has 0 spiro atoms. The van der Waals surface area contributed by atoms with Crippen molar-refractivity contribution in [2.24, 2.45) is 0 Å². The normalized spacial score (nSPS) is 16.4. The molecule has 0 bridgehead atoms. The topological polar surface area (TPSA) is 119 Å². The number of amides is 1. The molecule has 0 aromatic heterocycles. The van der Waals surface area contributed by atoms with Gasteiger partial charge in [0.05, 0.1) is 11.7 Å². The van der Waals surface area contributed by atoms with Gasteiger partial charge in [-0.25, -0.2) is 13.2 Å². The van der Waals surface area contributed by atoms with Crippen LogP contribution in [0.5, 0.6) is 5.75 Å². The molecule has 1 aliphatic heterocycles. The predicted molar refractivity (Wildman–Crippen MR) is 101 cm³/mol. The largest absolute Gasteiger partial charge is 0.547 e. The molecule has 30 heavy (non-hydrogen) atoms. The molecule has 1 heterocycles. The van der Waals surface area contributed by atoms with Gasteiger partial charge in [-0.1, -0.05) is 12.1 Å². The maximum atomic E-state index is 12.2. The first kappa shape index (κ1) is 24.0. The summed E-state index contributed by atoms with van der Waals surface area (Å²) in [4.78, 5) is 24.1. The molecule has 0 unspecified atom stereocenters. The van der Waals surface area contributed by atoms with Gasteiger partial charge in [0.25, 0.3) is 0 Å². The van der Waals surface area contributed by atoms with Gasteiger partial charge in [0, 0.05) is 19.1 Å². The van der Waals surface area contributed by atoms with E-state index in [1.165, 1.54) is 12.1 Å². The minimum atomic E-state index is -4.35. The second-order valence-corrected chi connectivity index (χ2v) is 9.17. The molecule has 8 nitrogen and oxygen atoms in total. The minimum Gasteiger partial charge on any atom is -0.534 e. The first-order valence-corrected chi connectivity index (χ1v) is 11.1. The van der Waals surface area contributed by atoms with Crippen LogP contribution in [0.2, 0.25) is 0 Å². The molecule has 13 heteroatoms. The first-order chi connectivity index (χ1) is 13.9. The first-order valence-electron chi connectivity index (χ1n) is 9.03. The number of carbonyl (C=O) groups is 2. The second kappa shape index (κ2) is 9.69. The molecule has 0 saturated heterocycles. The maximum absolute atomic E-state index is 12.2. The molecule has 0 fully saturated rings. The molecular weight excluding hydrogens is 430 g/mol. The van der Waals surface area contributed by atoms with Crippen LogP contribution in [-0.2, 0) is 25.8 Å². The Bertz CT molecular complexity index is 892. The van der Waals surface area contributed by atoms with Crippen LogP contribution in [0.15, 0.2) is 18.2 Å². The molecule has 1 aromatic rings. The van der Waals surface area contributed by atoms with Gasteiger partial charge in [0.1, 0.15) is 17.9 Å². The molecule has 1 aliphatic rings. The van der Waals surface area contributed by atoms with Crippen molar-refractivity contribution in [3.05, 3.63) is 29.3 Å². The summed E-state index contributed by atoms with van der Waals surface area (Å²) in [5, 5.41) is 12.6. The van der Waals surface area contributed by atoms with Crippen molar-refractivity contribution in [2.45, 2.75) is 37.8 Å². The number of fused-ring (bicyclic) bond motifs is 1. The molecule has 2 rings (SSSR count). The fraction of sp³-hybridized carbons (Fsp3) is 0.529. The van der Waals surface area contributed by atoms with Gasteiger partial charge in [-0.3, -0.25) is 4.79 Å². The Morgan fingerprint density at radius 2 is 2.07 bits per heavy atom. The van der Waals surface area contributed by atoms with Crippen molar-refractivity contribution >= 4 is 28.8 Å². The van der Waals surface area contributed by atoms with Gasteiger partial charge in [-0.05, 0) is 24.5 Å². The number of para-hydroxylation sites is 1. The Morgan fingerprint density at radius 3 is 2.70 bits per heavy atom. The van der Waals surface area contributed by atoms with Gasteiger partial charge >= 0.3 is 19.3 Å². The summed E-state index contributed by atoms with van der Waals surface area (Å²) < 4.78 is 69.0. The Morgan fingerprint density at radius 1 is 1.37 bits per heavy atom. The Balaban J connectivity index is 1.99. The summed E-state index contributed by atoms with van der Waals surface area (Å²) in [6.07, 6.45) is -5.09. The van der Waals surface area contributed by atoms with Gasteiger partial charge in [0.15, 0.2) is 9.84 Å². The number of hydrogen-bond donors (Lipinski definition) is 2. The molecule has 0 radical (unpaired) electrons. The molecular formula is C17H21BF3NO7S. The fourth-order valence-corrected chi connectivity index (χ4v) is 3.19. The van der Waals surface area contributed by atoms with Crippen LogP contribution in [0.4, 0.5) is 13.2 Å². The molecule has 1 amide bonds. The number of benzene rings is 1. The average molecular weight is 451 g/mol. The zero-order chi connectivity index (χ0) is 22.5. The quantitative estimate of drug-likeness (QED) is 0.448. The van der Waals surface area contributed by atoms with Gasteiger partial charge in [-0.15, -0.1) is 0 Å². The average Bonchev–Trinajstić information content (AvgIpc) is 2.59. The van der Waals surface area contributed by atoms with Crippen LogP contribution in [-0.4, -0.2) is 63.2 Å². The van der Waals surface area contributed by atoms with E-state index in [0.717, 1.165) is 6.26 Å². The van der Waals surface area contributed by atoms with E-state index in [2.05, 4.69) is 5.32 Å². The molecule has 0 aliphatic carbocycles. The summed E-state index contributed by atoms with van der Waals surface area (Å²) in [6, 6.07) is 4.50. The number of alkyl halides is 3. The van der Waals surface area contributed by atoms with E-state index in [1.54, 1.807) is 6.07 Å². The SMILES string of the molecule is CS(=O)(=O)CCOC(=O)c1cccc2c1OB(O)[C@@H](NC(=O)CCCC(F)(F)F)C2. The summed E-state index contributed by atoms with van der Waals surface area (Å²) in [6.45, 7) is -0.347. The highest BCUT2D eigenvalue weighted by Gasteiger charge is 2.38. The van der Waals surface area contributed by atoms with E-state index in [1.807, 2.05) is 0 Å². The molecule has 2 N–H and O–H groups in total. The van der Waals surface area contributed by atoms with Crippen molar-refractivity contribution in [1.29, 1.82) is 0 Å². The van der Waals surface area contributed by atoms with Gasteiger partial charge in [0.2, 0.25) is 5.91 Å². The summed E-state index contributed by atoms with van der Waals surface area (Å²) in [5.74, 6) is -2.71. The third kappa shape index (κ3) is 7.52. The lowest BCUT2D eigenvalue weighted by molar-refractivity contribution is -0.137. The fourth-order valence-electron chi connectivity index (χ4n) is 2.80. The maximum Gasteiger partial charge on any atom is 0.547 e. The molecule has 1 aromatic carbocycles. The van der Waals surface area contributed by atoms with E-state index in [0.29, 0.717) is 5.56 Å².